The predicted octanol–water partition coefficient (Wildman–Crippen LogP) is 2.57. The van der Waals surface area contributed by atoms with E-state index in [0.717, 1.165) is 17.5 Å². The molecule has 4 N–H and O–H groups in total. The van der Waals surface area contributed by atoms with Crippen LogP contribution in [-0.4, -0.2) is 27.8 Å². The number of phenolic OH excluding ortho intramolecular Hbond substituents is 1. The molecule has 0 aliphatic rings. The first kappa shape index (κ1) is 14.6. The molecule has 0 amide bonds. The minimum Gasteiger partial charge on any atom is -0.508 e. The quantitative estimate of drug-likeness (QED) is 0.565. The fourth-order valence-corrected chi connectivity index (χ4v) is 2.68. The summed E-state index contributed by atoms with van der Waals surface area (Å²) in [6.07, 6.45) is 2.73. The molecule has 3 rings (SSSR count). The normalized spacial score (nSPS) is 12.6. The van der Waals surface area contributed by atoms with Crippen LogP contribution >= 0.6 is 0 Å². The largest absolute Gasteiger partial charge is 0.508 e. The molecular formula is C18H20N2O2. The van der Waals surface area contributed by atoms with E-state index in [9.17, 15) is 10.2 Å². The second kappa shape index (κ2) is 6.64. The van der Waals surface area contributed by atoms with Gasteiger partial charge in [0.05, 0.1) is 6.61 Å². The Bertz CT molecular complexity index is 751. The molecule has 0 spiro atoms. The molecule has 4 nitrogen and oxygen atoms in total. The van der Waals surface area contributed by atoms with Crippen LogP contribution in [-0.2, 0) is 13.0 Å². The maximum Gasteiger partial charge on any atom is 0.120 e. The molecule has 0 saturated carbocycles. The third-order valence-corrected chi connectivity index (χ3v) is 3.93. The highest BCUT2D eigenvalue weighted by molar-refractivity contribution is 5.83. The third-order valence-electron chi connectivity index (χ3n) is 3.93. The number of aromatic amines is 1. The van der Waals surface area contributed by atoms with Crippen LogP contribution in [0.15, 0.2) is 54.7 Å². The molecule has 0 aliphatic heterocycles. The van der Waals surface area contributed by atoms with E-state index < -0.39 is 0 Å². The molecular weight excluding hydrogens is 276 g/mol. The number of aliphatic hydroxyl groups excluding tert-OH is 1. The van der Waals surface area contributed by atoms with E-state index in [-0.39, 0.29) is 18.4 Å². The van der Waals surface area contributed by atoms with Crippen LogP contribution in [0.25, 0.3) is 10.9 Å². The molecule has 114 valence electrons. The molecule has 0 aliphatic carbocycles. The van der Waals surface area contributed by atoms with Crippen LogP contribution in [0, 0.1) is 0 Å². The Labute approximate surface area is 129 Å². The number of nitrogens with one attached hydrogen (secondary N) is 2. The van der Waals surface area contributed by atoms with E-state index in [1.54, 1.807) is 12.1 Å². The van der Waals surface area contributed by atoms with E-state index >= 15 is 0 Å². The molecule has 1 aromatic heterocycles. The summed E-state index contributed by atoms with van der Waals surface area (Å²) in [5, 5.41) is 23.9. The average molecular weight is 296 g/mol. The molecule has 3 aromatic rings. The minimum absolute atomic E-state index is 0.0487. The zero-order chi connectivity index (χ0) is 15.4. The fourth-order valence-electron chi connectivity index (χ4n) is 2.68. The van der Waals surface area contributed by atoms with E-state index in [0.29, 0.717) is 6.54 Å². The number of rotatable bonds is 6. The van der Waals surface area contributed by atoms with Gasteiger partial charge < -0.3 is 20.5 Å². The molecule has 1 atom stereocenters. The topological polar surface area (TPSA) is 68.3 Å². The molecule has 0 radical (unpaired) electrons. The molecule has 4 heteroatoms. The monoisotopic (exact) mass is 296 g/mol. The van der Waals surface area contributed by atoms with Crippen LogP contribution in [0.2, 0.25) is 0 Å². The number of fused-ring (bicyclic) bond motifs is 1. The van der Waals surface area contributed by atoms with Crippen LogP contribution in [0.3, 0.4) is 0 Å². The van der Waals surface area contributed by atoms with Crippen molar-refractivity contribution >= 4 is 10.9 Å². The molecule has 0 fully saturated rings. The van der Waals surface area contributed by atoms with Gasteiger partial charge >= 0.3 is 0 Å². The van der Waals surface area contributed by atoms with Crippen molar-refractivity contribution in [2.24, 2.45) is 0 Å². The lowest BCUT2D eigenvalue weighted by atomic mass is 10.0. The summed E-state index contributed by atoms with van der Waals surface area (Å²) in [7, 11) is 0. The molecule has 1 heterocycles. The number of aromatic nitrogens is 1. The van der Waals surface area contributed by atoms with Crippen LogP contribution < -0.4 is 5.32 Å². The molecule has 0 bridgehead atoms. The molecule has 22 heavy (non-hydrogen) atoms. The van der Waals surface area contributed by atoms with Gasteiger partial charge in [-0.1, -0.05) is 36.4 Å². The smallest absolute Gasteiger partial charge is 0.120 e. The Morgan fingerprint density at radius 3 is 2.59 bits per heavy atom. The van der Waals surface area contributed by atoms with Crippen molar-refractivity contribution in [3.8, 4) is 5.75 Å². The summed E-state index contributed by atoms with van der Waals surface area (Å²) in [5.41, 5.74) is 3.12. The summed E-state index contributed by atoms with van der Waals surface area (Å²) in [6, 6.07) is 15.3. The highest BCUT2D eigenvalue weighted by atomic mass is 16.3. The number of aromatic hydroxyl groups is 1. The third kappa shape index (κ3) is 3.13. The van der Waals surface area contributed by atoms with Gasteiger partial charge in [-0.2, -0.15) is 0 Å². The van der Waals surface area contributed by atoms with Crippen molar-refractivity contribution in [2.75, 3.05) is 6.61 Å². The van der Waals surface area contributed by atoms with Crippen molar-refractivity contribution in [3.05, 3.63) is 65.9 Å². The van der Waals surface area contributed by atoms with Crippen LogP contribution in [0.4, 0.5) is 0 Å². The second-order valence-corrected chi connectivity index (χ2v) is 5.45. The van der Waals surface area contributed by atoms with Crippen molar-refractivity contribution in [3.63, 3.8) is 0 Å². The van der Waals surface area contributed by atoms with Gasteiger partial charge in [0.1, 0.15) is 5.75 Å². The number of phenols is 1. The zero-order valence-electron chi connectivity index (χ0n) is 12.3. The number of benzene rings is 2. The fraction of sp³-hybridized carbons (Fsp3) is 0.222. The van der Waals surface area contributed by atoms with Gasteiger partial charge in [0.15, 0.2) is 0 Å². The van der Waals surface area contributed by atoms with E-state index in [1.165, 1.54) is 10.9 Å². The maximum atomic E-state index is 9.79. The van der Waals surface area contributed by atoms with E-state index in [4.69, 9.17) is 0 Å². The Balaban J connectivity index is 1.68. The highest BCUT2D eigenvalue weighted by Gasteiger charge is 2.12. The van der Waals surface area contributed by atoms with Gasteiger partial charge in [0, 0.05) is 35.2 Å². The SMILES string of the molecule is OCC(Cc1c[nH]c2ccccc12)NCc1ccccc1O. The standard InChI is InChI=1S/C18H20N2O2/c21-12-15(19-10-13-5-1-4-8-18(13)22)9-14-11-20-17-7-3-2-6-16(14)17/h1-8,11,15,19-22H,9-10,12H2. The summed E-state index contributed by atoms with van der Waals surface area (Å²) < 4.78 is 0. The first-order valence-corrected chi connectivity index (χ1v) is 7.44. The predicted molar refractivity (Wildman–Crippen MR) is 87.8 cm³/mol. The number of hydrogen-bond donors (Lipinski definition) is 4. The lowest BCUT2D eigenvalue weighted by molar-refractivity contribution is 0.240. The van der Waals surface area contributed by atoms with Gasteiger partial charge in [-0.05, 0) is 24.1 Å². The van der Waals surface area contributed by atoms with Crippen molar-refractivity contribution in [1.29, 1.82) is 0 Å². The van der Waals surface area contributed by atoms with Gasteiger partial charge in [0.2, 0.25) is 0 Å². The first-order valence-electron chi connectivity index (χ1n) is 7.44. The van der Waals surface area contributed by atoms with Crippen LogP contribution in [0.1, 0.15) is 11.1 Å². The van der Waals surface area contributed by atoms with Gasteiger partial charge in [-0.25, -0.2) is 0 Å². The Kier molecular flexibility index (Phi) is 4.42. The van der Waals surface area contributed by atoms with E-state index in [2.05, 4.69) is 16.4 Å². The average Bonchev–Trinajstić information content (AvgIpc) is 2.96. The Morgan fingerprint density at radius 1 is 1.00 bits per heavy atom. The zero-order valence-corrected chi connectivity index (χ0v) is 12.3. The minimum atomic E-state index is -0.0567. The summed E-state index contributed by atoms with van der Waals surface area (Å²) in [5.74, 6) is 0.277. The molecule has 0 saturated heterocycles. The van der Waals surface area contributed by atoms with Gasteiger partial charge in [-0.15, -0.1) is 0 Å². The van der Waals surface area contributed by atoms with Crippen molar-refractivity contribution in [1.82, 2.24) is 10.3 Å². The number of aliphatic hydroxyl groups is 1. The van der Waals surface area contributed by atoms with Crippen molar-refractivity contribution < 1.29 is 10.2 Å². The van der Waals surface area contributed by atoms with Crippen molar-refractivity contribution in [2.45, 2.75) is 19.0 Å². The first-order chi connectivity index (χ1) is 10.8. The van der Waals surface area contributed by atoms with E-state index in [1.807, 2.05) is 36.5 Å². The van der Waals surface area contributed by atoms with Crippen LogP contribution in [0.5, 0.6) is 5.75 Å². The number of para-hydroxylation sites is 2. The van der Waals surface area contributed by atoms with Gasteiger partial charge in [-0.3, -0.25) is 0 Å². The second-order valence-electron chi connectivity index (χ2n) is 5.45. The summed E-state index contributed by atoms with van der Waals surface area (Å²) in [4.78, 5) is 3.25. The molecule has 1 unspecified atom stereocenters. The Morgan fingerprint density at radius 2 is 1.77 bits per heavy atom. The maximum absolute atomic E-state index is 9.79. The Hall–Kier alpha value is -2.30. The highest BCUT2D eigenvalue weighted by Crippen LogP contribution is 2.20. The lowest BCUT2D eigenvalue weighted by Gasteiger charge is -2.16. The number of hydrogen-bond acceptors (Lipinski definition) is 3. The molecule has 2 aromatic carbocycles. The number of H-pyrrole nitrogens is 1. The summed E-state index contributed by atoms with van der Waals surface area (Å²) >= 11 is 0. The van der Waals surface area contributed by atoms with Gasteiger partial charge in [0.25, 0.3) is 0 Å². The lowest BCUT2D eigenvalue weighted by Crippen LogP contribution is -2.34. The summed E-state index contributed by atoms with van der Waals surface area (Å²) in [6.45, 7) is 0.577.